The molecule has 0 aromatic heterocycles. The molecule has 0 aromatic carbocycles. The lowest BCUT2D eigenvalue weighted by Crippen LogP contribution is -2.05. The Bertz CT molecular complexity index is 152. The van der Waals surface area contributed by atoms with Gasteiger partial charge in [-0.3, -0.25) is 5.41 Å². The fourth-order valence-electron chi connectivity index (χ4n) is 0.206. The molecule has 0 aliphatic rings. The first-order valence-electron chi connectivity index (χ1n) is 2.07. The highest BCUT2D eigenvalue weighted by atomic mass is 19.2. The minimum Gasteiger partial charge on any atom is -0.362 e. The van der Waals surface area contributed by atoms with Crippen molar-refractivity contribution in [3.8, 4) is 0 Å². The highest BCUT2D eigenvalue weighted by Gasteiger charge is 2.08. The van der Waals surface area contributed by atoms with Crippen LogP contribution in [0.3, 0.4) is 0 Å². The van der Waals surface area contributed by atoms with Gasteiger partial charge in [0.25, 0.3) is 0 Å². The molecule has 0 fully saturated rings. The van der Waals surface area contributed by atoms with Gasteiger partial charge in [-0.05, 0) is 0 Å². The number of hydrogen-bond acceptors (Lipinski definition) is 2. The van der Waals surface area contributed by atoms with E-state index in [2.05, 4.69) is 0 Å². The van der Waals surface area contributed by atoms with Gasteiger partial charge in [0.1, 0.15) is 0 Å². The molecule has 0 atom stereocenters. The molecule has 9 heavy (non-hydrogen) atoms. The van der Waals surface area contributed by atoms with Gasteiger partial charge in [-0.25, -0.2) is 0 Å². The predicted octanol–water partition coefficient (Wildman–Crippen LogP) is 1.26. The lowest BCUT2D eigenvalue weighted by Gasteiger charge is -1.92. The Morgan fingerprint density at radius 2 is 1.78 bits per heavy atom. The van der Waals surface area contributed by atoms with Crippen molar-refractivity contribution in [2.75, 3.05) is 7.05 Å². The Kier molecular flexibility index (Phi) is 2.77. The molecular formula is C4H5F3N2. The molecule has 5 heteroatoms. The third-order valence-corrected chi connectivity index (χ3v) is 0.605. The molecular weight excluding hydrogens is 133 g/mol. The van der Waals surface area contributed by atoms with Gasteiger partial charge in [0.15, 0.2) is 0 Å². The smallest absolute Gasteiger partial charge is 0.246 e. The van der Waals surface area contributed by atoms with Crippen LogP contribution in [0.4, 0.5) is 13.2 Å². The Morgan fingerprint density at radius 1 is 1.33 bits per heavy atom. The molecule has 0 aliphatic heterocycles. The molecule has 0 rings (SSSR count). The van der Waals surface area contributed by atoms with Crippen LogP contribution in [0, 0.1) is 5.41 Å². The molecule has 0 unspecified atom stereocenters. The number of halogens is 3. The molecule has 52 valence electrons. The zero-order chi connectivity index (χ0) is 7.44. The average molecular weight is 138 g/mol. The first kappa shape index (κ1) is 8.00. The van der Waals surface area contributed by atoms with Crippen molar-refractivity contribution in [3.05, 3.63) is 11.8 Å². The zero-order valence-electron chi connectivity index (χ0n) is 4.63. The van der Waals surface area contributed by atoms with Gasteiger partial charge in [0.05, 0.1) is 0 Å². The maximum absolute atomic E-state index is 11.8. The minimum absolute atomic E-state index is 1.08. The van der Waals surface area contributed by atoms with Crippen molar-refractivity contribution in [1.29, 1.82) is 5.41 Å². The summed E-state index contributed by atoms with van der Waals surface area (Å²) < 4.78 is 35.0. The molecule has 0 aliphatic carbocycles. The quantitative estimate of drug-likeness (QED) is 0.437. The molecule has 0 bridgehead atoms. The third kappa shape index (κ3) is 2.16. The summed E-state index contributed by atoms with van der Waals surface area (Å²) in [7, 11) is 1.08. The van der Waals surface area contributed by atoms with Gasteiger partial charge in [-0.2, -0.15) is 13.2 Å². The van der Waals surface area contributed by atoms with Crippen LogP contribution in [0.5, 0.6) is 0 Å². The van der Waals surface area contributed by atoms with Crippen LogP contribution in [0.15, 0.2) is 11.8 Å². The summed E-state index contributed by atoms with van der Waals surface area (Å²) in [4.78, 5) is 0. The molecule has 0 saturated heterocycles. The average Bonchev–Trinajstić information content (AvgIpc) is 1.84. The zero-order valence-corrected chi connectivity index (χ0v) is 4.63. The van der Waals surface area contributed by atoms with Crippen molar-refractivity contribution < 1.29 is 13.2 Å². The lowest BCUT2D eigenvalue weighted by molar-refractivity contribution is 0.506. The fourth-order valence-corrected chi connectivity index (χ4v) is 0.206. The van der Waals surface area contributed by atoms with E-state index in [0.717, 1.165) is 7.05 Å². The molecule has 2 N–H and O–H groups in total. The largest absolute Gasteiger partial charge is 0.362 e. The van der Waals surface area contributed by atoms with Crippen molar-refractivity contribution in [3.63, 3.8) is 0 Å². The lowest BCUT2D eigenvalue weighted by atomic mass is 10.6. The summed E-state index contributed by atoms with van der Waals surface area (Å²) in [5.74, 6) is -5.19. The molecule has 0 saturated carbocycles. The Balaban J connectivity index is 4.28. The van der Waals surface area contributed by atoms with E-state index in [1.165, 1.54) is 0 Å². The van der Waals surface area contributed by atoms with Crippen LogP contribution in [-0.2, 0) is 0 Å². The van der Waals surface area contributed by atoms with Crippen LogP contribution >= 0.6 is 0 Å². The van der Waals surface area contributed by atoms with Crippen molar-refractivity contribution >= 4 is 5.97 Å². The first-order valence-corrected chi connectivity index (χ1v) is 2.07. The highest BCUT2D eigenvalue weighted by molar-refractivity contribution is 5.87. The van der Waals surface area contributed by atoms with E-state index in [0.29, 0.717) is 0 Å². The fraction of sp³-hybridized carbons (Fsp3) is 0.250. The number of nitrogens with one attached hydrogen (secondary N) is 2. The molecule has 0 radical (unpaired) electrons. The molecule has 0 heterocycles. The van der Waals surface area contributed by atoms with Crippen molar-refractivity contribution in [2.24, 2.45) is 0 Å². The van der Waals surface area contributed by atoms with E-state index >= 15 is 0 Å². The first-order chi connectivity index (χ1) is 4.09. The summed E-state index contributed by atoms with van der Waals surface area (Å²) in [5, 5.41) is 7.66. The van der Waals surface area contributed by atoms with Crippen LogP contribution < -0.4 is 5.32 Å². The van der Waals surface area contributed by atoms with E-state index in [1.54, 1.807) is 5.32 Å². The second kappa shape index (κ2) is 3.11. The summed E-state index contributed by atoms with van der Waals surface area (Å²) >= 11 is 0. The Morgan fingerprint density at radius 3 is 1.89 bits per heavy atom. The Hall–Kier alpha value is -1.00. The molecule has 0 spiro atoms. The van der Waals surface area contributed by atoms with Crippen molar-refractivity contribution in [2.45, 2.75) is 0 Å². The predicted molar refractivity (Wildman–Crippen MR) is 27.1 cm³/mol. The number of hydrogen-bond donors (Lipinski definition) is 2. The topological polar surface area (TPSA) is 35.9 Å². The van der Waals surface area contributed by atoms with Gasteiger partial charge < -0.3 is 5.32 Å². The molecule has 0 amide bonds. The van der Waals surface area contributed by atoms with Crippen LogP contribution in [-0.4, -0.2) is 13.0 Å². The standard InChI is InChI=1S/C4H5F3N2/c1-9-4(7)2(5)3(6)8/h8-9H,1H3/b4-2+,8-3?. The summed E-state index contributed by atoms with van der Waals surface area (Å²) in [5.41, 5.74) is 0. The second-order valence-corrected chi connectivity index (χ2v) is 1.19. The highest BCUT2D eigenvalue weighted by Crippen LogP contribution is 2.05. The normalized spacial score (nSPS) is 12.4. The van der Waals surface area contributed by atoms with Gasteiger partial charge in [0.2, 0.25) is 17.7 Å². The van der Waals surface area contributed by atoms with Crippen LogP contribution in [0.1, 0.15) is 0 Å². The van der Waals surface area contributed by atoms with Gasteiger partial charge in [0, 0.05) is 7.05 Å². The summed E-state index contributed by atoms with van der Waals surface area (Å²) in [6.45, 7) is 0. The second-order valence-electron chi connectivity index (χ2n) is 1.19. The van der Waals surface area contributed by atoms with Gasteiger partial charge in [-0.1, -0.05) is 0 Å². The summed E-state index contributed by atoms with van der Waals surface area (Å²) in [6.07, 6.45) is 0. The summed E-state index contributed by atoms with van der Waals surface area (Å²) in [6, 6.07) is 0. The van der Waals surface area contributed by atoms with Gasteiger partial charge in [-0.15, -0.1) is 0 Å². The monoisotopic (exact) mass is 138 g/mol. The number of rotatable bonds is 2. The van der Waals surface area contributed by atoms with E-state index in [9.17, 15) is 13.2 Å². The Labute approximate surface area is 49.9 Å². The van der Waals surface area contributed by atoms with E-state index in [-0.39, 0.29) is 0 Å². The minimum atomic E-state index is -1.91. The van der Waals surface area contributed by atoms with Gasteiger partial charge >= 0.3 is 0 Å². The van der Waals surface area contributed by atoms with Crippen LogP contribution in [0.25, 0.3) is 0 Å². The van der Waals surface area contributed by atoms with Crippen molar-refractivity contribution in [1.82, 2.24) is 5.32 Å². The molecule has 0 aromatic rings. The van der Waals surface area contributed by atoms with E-state index < -0.39 is 17.7 Å². The number of allylic oxidation sites excluding steroid dienone is 1. The SMILES string of the molecule is CN/C(F)=C(/F)C(=N)F. The molecule has 2 nitrogen and oxygen atoms in total. The van der Waals surface area contributed by atoms with Crippen LogP contribution in [0.2, 0.25) is 0 Å². The van der Waals surface area contributed by atoms with E-state index in [4.69, 9.17) is 5.41 Å². The third-order valence-electron chi connectivity index (χ3n) is 0.605. The maximum atomic E-state index is 11.8. The van der Waals surface area contributed by atoms with E-state index in [1.807, 2.05) is 0 Å². The maximum Gasteiger partial charge on any atom is 0.246 e.